The number of nitrogen functional groups attached to an aromatic ring is 1. The summed E-state index contributed by atoms with van der Waals surface area (Å²) >= 11 is 5.89. The Hall–Kier alpha value is -1.55. The minimum absolute atomic E-state index is 0.336. The zero-order valence-corrected chi connectivity index (χ0v) is 9.94. The van der Waals surface area contributed by atoms with Crippen molar-refractivity contribution in [3.8, 4) is 5.82 Å². The number of pyridine rings is 1. The average Bonchev–Trinajstić information content (AvgIpc) is 2.60. The molecule has 0 atom stereocenters. The van der Waals surface area contributed by atoms with E-state index in [-0.39, 0.29) is 0 Å². The molecule has 0 radical (unpaired) electrons. The van der Waals surface area contributed by atoms with Gasteiger partial charge < -0.3 is 5.73 Å². The van der Waals surface area contributed by atoms with Crippen LogP contribution in [0.3, 0.4) is 0 Å². The first kappa shape index (κ1) is 11.0. The van der Waals surface area contributed by atoms with Crippen LogP contribution in [0.25, 0.3) is 5.82 Å². The van der Waals surface area contributed by atoms with E-state index in [0.29, 0.717) is 22.6 Å². The lowest BCUT2D eigenvalue weighted by atomic mass is 10.1. The monoisotopic (exact) mass is 236 g/mol. The molecule has 2 N–H and O–H groups in total. The number of aromatic nitrogens is 3. The summed E-state index contributed by atoms with van der Waals surface area (Å²) in [7, 11) is 0. The molecule has 0 aliphatic rings. The zero-order chi connectivity index (χ0) is 11.7. The molecule has 0 saturated carbocycles. The fourth-order valence-corrected chi connectivity index (χ4v) is 1.54. The second-order valence-corrected chi connectivity index (χ2v) is 4.33. The maximum absolute atomic E-state index is 5.89. The first-order valence-electron chi connectivity index (χ1n) is 5.05. The average molecular weight is 237 g/mol. The van der Waals surface area contributed by atoms with Crippen molar-refractivity contribution in [3.63, 3.8) is 0 Å². The van der Waals surface area contributed by atoms with Gasteiger partial charge in [-0.3, -0.25) is 0 Å². The van der Waals surface area contributed by atoms with Crippen LogP contribution in [-0.4, -0.2) is 14.8 Å². The molecule has 0 aromatic carbocycles. The third-order valence-electron chi connectivity index (χ3n) is 2.27. The quantitative estimate of drug-likeness (QED) is 0.872. The number of hydrogen-bond acceptors (Lipinski definition) is 3. The number of halogens is 1. The van der Waals surface area contributed by atoms with Crippen molar-refractivity contribution in [1.82, 2.24) is 14.8 Å². The van der Waals surface area contributed by atoms with Gasteiger partial charge >= 0.3 is 0 Å². The highest BCUT2D eigenvalue weighted by molar-refractivity contribution is 6.30. The van der Waals surface area contributed by atoms with Gasteiger partial charge in [-0.1, -0.05) is 25.4 Å². The van der Waals surface area contributed by atoms with E-state index >= 15 is 0 Å². The van der Waals surface area contributed by atoms with E-state index in [4.69, 9.17) is 17.3 Å². The Kier molecular flexibility index (Phi) is 2.83. The van der Waals surface area contributed by atoms with Gasteiger partial charge in [-0.05, 0) is 12.0 Å². The van der Waals surface area contributed by atoms with Crippen LogP contribution in [0.2, 0.25) is 5.02 Å². The summed E-state index contributed by atoms with van der Waals surface area (Å²) in [6.45, 7) is 4.13. The minimum Gasteiger partial charge on any atom is -0.384 e. The Balaban J connectivity index is 2.48. The standard InChI is InChI=1S/C11H13ClN4/c1-7(2)9-6-10(13)16(15-9)11-5-8(12)3-4-14-11/h3-7H,13H2,1-2H3. The lowest BCUT2D eigenvalue weighted by molar-refractivity contribution is 0.761. The minimum atomic E-state index is 0.336. The van der Waals surface area contributed by atoms with Gasteiger partial charge in [0.1, 0.15) is 5.82 Å². The summed E-state index contributed by atoms with van der Waals surface area (Å²) in [6, 6.07) is 5.30. The van der Waals surface area contributed by atoms with E-state index in [1.54, 1.807) is 23.0 Å². The van der Waals surface area contributed by atoms with Crippen molar-refractivity contribution in [2.45, 2.75) is 19.8 Å². The number of rotatable bonds is 2. The Morgan fingerprint density at radius 1 is 1.38 bits per heavy atom. The van der Waals surface area contributed by atoms with Crippen LogP contribution in [-0.2, 0) is 0 Å². The first-order chi connectivity index (χ1) is 7.58. The lowest BCUT2D eigenvalue weighted by Gasteiger charge is -2.02. The Morgan fingerprint density at radius 2 is 2.12 bits per heavy atom. The van der Waals surface area contributed by atoms with Gasteiger partial charge in [0.15, 0.2) is 5.82 Å². The molecule has 0 aliphatic heterocycles. The van der Waals surface area contributed by atoms with E-state index in [2.05, 4.69) is 23.9 Å². The zero-order valence-electron chi connectivity index (χ0n) is 9.18. The van der Waals surface area contributed by atoms with Crippen LogP contribution >= 0.6 is 11.6 Å². The summed E-state index contributed by atoms with van der Waals surface area (Å²) in [4.78, 5) is 4.18. The van der Waals surface area contributed by atoms with Crippen LogP contribution in [0.15, 0.2) is 24.4 Å². The summed E-state index contributed by atoms with van der Waals surface area (Å²) in [6.07, 6.45) is 1.63. The normalized spacial score (nSPS) is 11.0. The summed E-state index contributed by atoms with van der Waals surface area (Å²) in [5.41, 5.74) is 6.82. The molecule has 4 nitrogen and oxygen atoms in total. The van der Waals surface area contributed by atoms with Crippen LogP contribution in [0.1, 0.15) is 25.5 Å². The molecule has 2 rings (SSSR count). The van der Waals surface area contributed by atoms with E-state index in [0.717, 1.165) is 5.69 Å². The molecule has 84 valence electrons. The maximum Gasteiger partial charge on any atom is 0.157 e. The summed E-state index contributed by atoms with van der Waals surface area (Å²) < 4.78 is 1.60. The van der Waals surface area contributed by atoms with Gasteiger partial charge in [-0.2, -0.15) is 9.78 Å². The predicted octanol–water partition coefficient (Wildman–Crippen LogP) is 2.63. The van der Waals surface area contributed by atoms with Crippen molar-refractivity contribution in [3.05, 3.63) is 35.1 Å². The van der Waals surface area contributed by atoms with Gasteiger partial charge in [-0.25, -0.2) is 4.98 Å². The van der Waals surface area contributed by atoms with E-state index < -0.39 is 0 Å². The first-order valence-corrected chi connectivity index (χ1v) is 5.43. The molecule has 0 amide bonds. The van der Waals surface area contributed by atoms with Crippen molar-refractivity contribution in [1.29, 1.82) is 0 Å². The smallest absolute Gasteiger partial charge is 0.157 e. The second-order valence-electron chi connectivity index (χ2n) is 3.89. The molecule has 0 unspecified atom stereocenters. The SMILES string of the molecule is CC(C)c1cc(N)n(-c2cc(Cl)ccn2)n1. The predicted molar refractivity (Wildman–Crippen MR) is 64.9 cm³/mol. The van der Waals surface area contributed by atoms with Crippen LogP contribution in [0.5, 0.6) is 0 Å². The Bertz CT molecular complexity index is 504. The van der Waals surface area contributed by atoms with Gasteiger partial charge in [0, 0.05) is 23.4 Å². The molecule has 5 heteroatoms. The van der Waals surface area contributed by atoms with Gasteiger partial charge in [0.2, 0.25) is 0 Å². The number of anilines is 1. The summed E-state index contributed by atoms with van der Waals surface area (Å²) in [5.74, 6) is 1.54. The highest BCUT2D eigenvalue weighted by Crippen LogP contribution is 2.20. The molecular formula is C11H13ClN4. The molecule has 16 heavy (non-hydrogen) atoms. The number of nitrogens with zero attached hydrogens (tertiary/aromatic N) is 3. The third-order valence-corrected chi connectivity index (χ3v) is 2.51. The molecular weight excluding hydrogens is 224 g/mol. The molecule has 0 aliphatic carbocycles. The van der Waals surface area contributed by atoms with E-state index in [9.17, 15) is 0 Å². The highest BCUT2D eigenvalue weighted by atomic mass is 35.5. The lowest BCUT2D eigenvalue weighted by Crippen LogP contribution is -2.04. The second kappa shape index (κ2) is 4.14. The van der Waals surface area contributed by atoms with E-state index in [1.807, 2.05) is 6.07 Å². The topological polar surface area (TPSA) is 56.7 Å². The molecule has 0 spiro atoms. The van der Waals surface area contributed by atoms with Crippen molar-refractivity contribution in [2.24, 2.45) is 0 Å². The number of nitrogens with two attached hydrogens (primary N) is 1. The maximum atomic E-state index is 5.89. The fraction of sp³-hybridized carbons (Fsp3) is 0.273. The van der Waals surface area contributed by atoms with Gasteiger partial charge in [0.05, 0.1) is 5.69 Å². The highest BCUT2D eigenvalue weighted by Gasteiger charge is 2.10. The third kappa shape index (κ3) is 2.02. The molecule has 2 aromatic rings. The van der Waals surface area contributed by atoms with Crippen LogP contribution in [0, 0.1) is 0 Å². The molecule has 0 fully saturated rings. The molecule has 2 aromatic heterocycles. The van der Waals surface area contributed by atoms with E-state index in [1.165, 1.54) is 0 Å². The van der Waals surface area contributed by atoms with Gasteiger partial charge in [0.25, 0.3) is 0 Å². The largest absolute Gasteiger partial charge is 0.384 e. The van der Waals surface area contributed by atoms with Crippen LogP contribution < -0.4 is 5.73 Å². The van der Waals surface area contributed by atoms with Gasteiger partial charge in [-0.15, -0.1) is 0 Å². The molecule has 0 saturated heterocycles. The fourth-order valence-electron chi connectivity index (χ4n) is 1.39. The Morgan fingerprint density at radius 3 is 2.69 bits per heavy atom. The van der Waals surface area contributed by atoms with Crippen molar-refractivity contribution < 1.29 is 0 Å². The number of hydrogen-bond donors (Lipinski definition) is 1. The molecule has 2 heterocycles. The Labute approximate surface area is 99.1 Å². The van der Waals surface area contributed by atoms with Crippen molar-refractivity contribution >= 4 is 17.4 Å². The summed E-state index contributed by atoms with van der Waals surface area (Å²) in [5, 5.41) is 5.01. The van der Waals surface area contributed by atoms with Crippen molar-refractivity contribution in [2.75, 3.05) is 5.73 Å². The molecule has 0 bridgehead atoms. The van der Waals surface area contributed by atoms with Crippen LogP contribution in [0.4, 0.5) is 5.82 Å².